The van der Waals surface area contributed by atoms with E-state index >= 15 is 0 Å². The second kappa shape index (κ2) is 7.41. The first-order valence-corrected chi connectivity index (χ1v) is 8.42. The normalized spacial score (nSPS) is 13.8. The summed E-state index contributed by atoms with van der Waals surface area (Å²) >= 11 is 0. The molecule has 0 saturated heterocycles. The maximum atomic E-state index is 11.5. The molecule has 0 aliphatic carbocycles. The van der Waals surface area contributed by atoms with Gasteiger partial charge in [-0.15, -0.1) is 0 Å². The Labute approximate surface area is 138 Å². The molecule has 5 N–H and O–H groups in total. The van der Waals surface area contributed by atoms with Crippen LogP contribution in [-0.2, 0) is 14.8 Å². The first kappa shape index (κ1) is 17.9. The van der Waals surface area contributed by atoms with Gasteiger partial charge in [-0.2, -0.15) is 0 Å². The number of sulfonamides is 1. The van der Waals surface area contributed by atoms with Crippen LogP contribution in [0.15, 0.2) is 59.5 Å². The zero-order chi connectivity index (χ0) is 17.7. The maximum absolute atomic E-state index is 11.5. The highest BCUT2D eigenvalue weighted by atomic mass is 32.2. The Balaban J connectivity index is 2.30. The van der Waals surface area contributed by atoms with Crippen LogP contribution in [0.3, 0.4) is 0 Å². The molecule has 0 bridgehead atoms. The molecule has 9 heteroatoms. The topological polar surface area (TPSA) is 145 Å². The predicted molar refractivity (Wildman–Crippen MR) is 88.1 cm³/mol. The van der Waals surface area contributed by atoms with Crippen LogP contribution in [0.25, 0.3) is 0 Å². The van der Waals surface area contributed by atoms with E-state index in [1.165, 1.54) is 24.3 Å². The van der Waals surface area contributed by atoms with Crippen molar-refractivity contribution in [3.8, 4) is 0 Å². The molecule has 2 aromatic carbocycles. The van der Waals surface area contributed by atoms with Gasteiger partial charge in [-0.25, -0.2) is 13.6 Å². The molecule has 0 heterocycles. The quantitative estimate of drug-likeness (QED) is 0.557. The molecule has 0 spiro atoms. The molecule has 24 heavy (non-hydrogen) atoms. The number of hydrogen-bond donors (Lipinski definition) is 4. The van der Waals surface area contributed by atoms with Crippen molar-refractivity contribution in [2.75, 3.05) is 5.32 Å². The van der Waals surface area contributed by atoms with Crippen molar-refractivity contribution >= 4 is 21.6 Å². The SMILES string of the molecule is NS(=O)(=O)c1ccc(N[C@H](c2ccccc2)[C@@H](O)C(=O)N[O-])cc1. The summed E-state index contributed by atoms with van der Waals surface area (Å²) in [5.41, 5.74) is 2.17. The number of aliphatic hydroxyl groups excluding tert-OH is 1. The van der Waals surface area contributed by atoms with Gasteiger partial charge in [-0.05, 0) is 29.8 Å². The number of carbonyl (C=O) groups is 1. The molecule has 0 radical (unpaired) electrons. The van der Waals surface area contributed by atoms with Crippen LogP contribution in [0.1, 0.15) is 11.6 Å². The van der Waals surface area contributed by atoms with Gasteiger partial charge in [-0.3, -0.25) is 4.79 Å². The number of benzene rings is 2. The second-order valence-corrected chi connectivity index (χ2v) is 6.57. The second-order valence-electron chi connectivity index (χ2n) is 5.01. The molecule has 2 aromatic rings. The van der Waals surface area contributed by atoms with Crippen LogP contribution in [0.5, 0.6) is 0 Å². The van der Waals surface area contributed by atoms with Crippen molar-refractivity contribution < 1.29 is 18.3 Å². The molecule has 0 fully saturated rings. The van der Waals surface area contributed by atoms with Crippen LogP contribution in [0, 0.1) is 5.21 Å². The zero-order valence-corrected chi connectivity index (χ0v) is 13.2. The molecule has 2 atom stereocenters. The number of anilines is 1. The predicted octanol–water partition coefficient (Wildman–Crippen LogP) is 0.462. The summed E-state index contributed by atoms with van der Waals surface area (Å²) < 4.78 is 22.5. The maximum Gasteiger partial charge on any atom is 0.240 e. The fourth-order valence-corrected chi connectivity index (χ4v) is 2.65. The van der Waals surface area contributed by atoms with E-state index in [0.29, 0.717) is 11.3 Å². The minimum absolute atomic E-state index is 0.0674. The third kappa shape index (κ3) is 4.30. The van der Waals surface area contributed by atoms with Gasteiger partial charge < -0.3 is 21.1 Å². The van der Waals surface area contributed by atoms with Gasteiger partial charge in [0.15, 0.2) is 6.10 Å². The van der Waals surface area contributed by atoms with Crippen molar-refractivity contribution in [3.05, 3.63) is 65.4 Å². The first-order valence-electron chi connectivity index (χ1n) is 6.87. The average Bonchev–Trinajstić information content (AvgIpc) is 2.58. The number of nitrogens with one attached hydrogen (secondary N) is 2. The summed E-state index contributed by atoms with van der Waals surface area (Å²) in [5, 5.41) is 28.6. The van der Waals surface area contributed by atoms with E-state index < -0.39 is 28.1 Å². The number of amides is 1. The van der Waals surface area contributed by atoms with Gasteiger partial charge in [0.05, 0.1) is 10.9 Å². The molecular formula is C15H16N3O5S-. The van der Waals surface area contributed by atoms with Crippen LogP contribution in [0.2, 0.25) is 0 Å². The summed E-state index contributed by atoms with van der Waals surface area (Å²) in [6.45, 7) is 0. The minimum atomic E-state index is -3.82. The molecule has 0 aromatic heterocycles. The highest BCUT2D eigenvalue weighted by molar-refractivity contribution is 7.89. The number of aliphatic hydroxyl groups is 1. The van der Waals surface area contributed by atoms with Crippen LogP contribution in [0.4, 0.5) is 5.69 Å². The standard InChI is InChI=1S/C15H16N3O5S/c16-24(22,23)12-8-6-11(7-9-12)17-13(14(19)15(20)18-21)10-4-2-1-3-5-10/h1-9,13-14,17,19H,(H3-,16,18,20,21,22,23)/q-1/t13-,14-/m1/s1. The number of nitrogens with two attached hydrogens (primary N) is 1. The third-order valence-corrected chi connectivity index (χ3v) is 4.28. The lowest BCUT2D eigenvalue weighted by Gasteiger charge is -2.26. The van der Waals surface area contributed by atoms with Crippen LogP contribution >= 0.6 is 0 Å². The monoisotopic (exact) mass is 350 g/mol. The Morgan fingerprint density at radius 1 is 1.08 bits per heavy atom. The molecular weight excluding hydrogens is 334 g/mol. The summed E-state index contributed by atoms with van der Waals surface area (Å²) in [6, 6.07) is 13.1. The van der Waals surface area contributed by atoms with Gasteiger partial charge in [-0.1, -0.05) is 30.3 Å². The number of primary sulfonamides is 1. The van der Waals surface area contributed by atoms with Gasteiger partial charge >= 0.3 is 0 Å². The number of carbonyl (C=O) groups excluding carboxylic acids is 1. The smallest absolute Gasteiger partial charge is 0.240 e. The zero-order valence-electron chi connectivity index (χ0n) is 12.4. The summed E-state index contributed by atoms with van der Waals surface area (Å²) in [7, 11) is -3.82. The van der Waals surface area contributed by atoms with E-state index in [1.807, 2.05) is 0 Å². The Bertz CT molecular complexity index is 794. The lowest BCUT2D eigenvalue weighted by molar-refractivity contribution is -0.129. The largest absolute Gasteiger partial charge is 0.759 e. The Morgan fingerprint density at radius 2 is 1.67 bits per heavy atom. The lowest BCUT2D eigenvalue weighted by Crippen LogP contribution is -2.38. The summed E-state index contributed by atoms with van der Waals surface area (Å²) in [6.07, 6.45) is -1.64. The van der Waals surface area contributed by atoms with E-state index in [0.717, 1.165) is 5.48 Å². The van der Waals surface area contributed by atoms with E-state index in [2.05, 4.69) is 5.32 Å². The van der Waals surface area contributed by atoms with E-state index in [4.69, 9.17) is 5.14 Å². The number of hydroxylamine groups is 1. The minimum Gasteiger partial charge on any atom is -0.759 e. The third-order valence-electron chi connectivity index (χ3n) is 3.35. The van der Waals surface area contributed by atoms with Crippen molar-refractivity contribution in [2.45, 2.75) is 17.0 Å². The fourth-order valence-electron chi connectivity index (χ4n) is 2.14. The molecule has 8 nitrogen and oxygen atoms in total. The fraction of sp³-hybridized carbons (Fsp3) is 0.133. The van der Waals surface area contributed by atoms with E-state index in [9.17, 15) is 23.5 Å². The van der Waals surface area contributed by atoms with Gasteiger partial charge in [0, 0.05) is 5.69 Å². The first-order chi connectivity index (χ1) is 11.3. The van der Waals surface area contributed by atoms with Gasteiger partial charge in [0.1, 0.15) is 0 Å². The Hall–Kier alpha value is -2.46. The van der Waals surface area contributed by atoms with Crippen LogP contribution < -0.4 is 15.9 Å². The molecule has 0 aliphatic rings. The molecule has 1 amide bonds. The number of rotatable bonds is 6. The highest BCUT2D eigenvalue weighted by Crippen LogP contribution is 2.24. The molecule has 128 valence electrons. The van der Waals surface area contributed by atoms with E-state index in [1.54, 1.807) is 30.3 Å². The molecule has 0 aliphatic heterocycles. The van der Waals surface area contributed by atoms with Gasteiger partial charge in [0.25, 0.3) is 0 Å². The van der Waals surface area contributed by atoms with Crippen molar-refractivity contribution in [1.29, 1.82) is 0 Å². The average molecular weight is 350 g/mol. The molecule has 0 unspecified atom stereocenters. The lowest BCUT2D eigenvalue weighted by atomic mass is 10.0. The highest BCUT2D eigenvalue weighted by Gasteiger charge is 2.26. The molecule has 0 saturated carbocycles. The van der Waals surface area contributed by atoms with E-state index in [-0.39, 0.29) is 4.90 Å². The van der Waals surface area contributed by atoms with Crippen molar-refractivity contribution in [2.24, 2.45) is 5.14 Å². The Morgan fingerprint density at radius 3 is 2.17 bits per heavy atom. The van der Waals surface area contributed by atoms with Gasteiger partial charge in [0.2, 0.25) is 15.9 Å². The van der Waals surface area contributed by atoms with Crippen molar-refractivity contribution in [1.82, 2.24) is 5.48 Å². The van der Waals surface area contributed by atoms with Crippen LogP contribution in [-0.4, -0.2) is 25.5 Å². The number of hydrogen-bond acceptors (Lipinski definition) is 6. The molecule has 2 rings (SSSR count). The summed E-state index contributed by atoms with van der Waals surface area (Å²) in [4.78, 5) is 11.4. The summed E-state index contributed by atoms with van der Waals surface area (Å²) in [5.74, 6) is -1.09. The van der Waals surface area contributed by atoms with Crippen molar-refractivity contribution in [3.63, 3.8) is 0 Å². The Kier molecular flexibility index (Phi) is 5.52.